The zero-order valence-corrected chi connectivity index (χ0v) is 13.5. The number of carbonyl (C=O) groups is 1. The Hall–Kier alpha value is -0.580. The predicted molar refractivity (Wildman–Crippen MR) is 81.7 cm³/mol. The van der Waals surface area contributed by atoms with Crippen LogP contribution in [-0.2, 0) is 0 Å². The summed E-state index contributed by atoms with van der Waals surface area (Å²) in [5.41, 5.74) is 0.603. The molecule has 104 valence electrons. The van der Waals surface area contributed by atoms with E-state index >= 15 is 0 Å². The second kappa shape index (κ2) is 6.25. The molecule has 3 nitrogen and oxygen atoms in total. The van der Waals surface area contributed by atoms with Crippen molar-refractivity contribution in [2.45, 2.75) is 31.8 Å². The monoisotopic (exact) mass is 344 g/mol. The maximum Gasteiger partial charge on any atom is 0.251 e. The molecule has 1 aromatic rings. The first-order valence-electron chi connectivity index (χ1n) is 6.43. The van der Waals surface area contributed by atoms with Crippen molar-refractivity contribution >= 4 is 33.4 Å². The highest BCUT2D eigenvalue weighted by Gasteiger charge is 2.24. The van der Waals surface area contributed by atoms with Crippen LogP contribution in [0, 0.1) is 0 Å². The first-order chi connectivity index (χ1) is 8.95. The van der Waals surface area contributed by atoms with Crippen LogP contribution < -0.4 is 5.32 Å². The minimum atomic E-state index is -0.0510. The van der Waals surface area contributed by atoms with Gasteiger partial charge in [0.2, 0.25) is 0 Å². The van der Waals surface area contributed by atoms with E-state index in [-0.39, 0.29) is 11.9 Å². The molecule has 19 heavy (non-hydrogen) atoms. The van der Waals surface area contributed by atoms with E-state index in [0.717, 1.165) is 23.9 Å². The van der Waals surface area contributed by atoms with Crippen LogP contribution in [0.2, 0.25) is 5.02 Å². The topological polar surface area (TPSA) is 32.3 Å². The molecule has 1 N–H and O–H groups in total. The predicted octanol–water partition coefficient (Wildman–Crippen LogP) is 3.32. The van der Waals surface area contributed by atoms with Gasteiger partial charge in [0, 0.05) is 33.7 Å². The molecule has 0 spiro atoms. The SMILES string of the molecule is CC1CC(NC(=O)c2cc(Cl)cc(Br)c2)CCN1C. The first kappa shape index (κ1) is 14.8. The fourth-order valence-corrected chi connectivity index (χ4v) is 3.23. The highest BCUT2D eigenvalue weighted by atomic mass is 79.9. The third kappa shape index (κ3) is 3.94. The number of piperidine rings is 1. The summed E-state index contributed by atoms with van der Waals surface area (Å²) in [7, 11) is 2.12. The molecular weight excluding hydrogens is 328 g/mol. The van der Waals surface area contributed by atoms with Crippen molar-refractivity contribution in [2.24, 2.45) is 0 Å². The van der Waals surface area contributed by atoms with Gasteiger partial charge in [0.1, 0.15) is 0 Å². The van der Waals surface area contributed by atoms with Crippen LogP contribution in [0.5, 0.6) is 0 Å². The molecule has 2 atom stereocenters. The Kier molecular flexibility index (Phi) is 4.87. The largest absolute Gasteiger partial charge is 0.349 e. The molecule has 1 aliphatic heterocycles. The van der Waals surface area contributed by atoms with Gasteiger partial charge in [-0.25, -0.2) is 0 Å². The number of halogens is 2. The molecule has 0 saturated carbocycles. The fourth-order valence-electron chi connectivity index (χ4n) is 2.37. The Morgan fingerprint density at radius 3 is 2.84 bits per heavy atom. The fraction of sp³-hybridized carbons (Fsp3) is 0.500. The Morgan fingerprint density at radius 1 is 1.47 bits per heavy atom. The number of nitrogens with zero attached hydrogens (tertiary/aromatic N) is 1. The van der Waals surface area contributed by atoms with Crippen LogP contribution in [0.3, 0.4) is 0 Å². The maximum absolute atomic E-state index is 12.2. The zero-order valence-electron chi connectivity index (χ0n) is 11.1. The van der Waals surface area contributed by atoms with Gasteiger partial charge in [0.05, 0.1) is 0 Å². The minimum Gasteiger partial charge on any atom is -0.349 e. The van der Waals surface area contributed by atoms with Gasteiger partial charge < -0.3 is 10.2 Å². The second-order valence-electron chi connectivity index (χ2n) is 5.18. The van der Waals surface area contributed by atoms with Crippen molar-refractivity contribution in [3.05, 3.63) is 33.3 Å². The van der Waals surface area contributed by atoms with Gasteiger partial charge in [-0.3, -0.25) is 4.79 Å². The molecule has 1 saturated heterocycles. The number of nitrogens with one attached hydrogen (secondary N) is 1. The van der Waals surface area contributed by atoms with Gasteiger partial charge in [-0.15, -0.1) is 0 Å². The Labute approximate surface area is 127 Å². The standard InChI is InChI=1S/C14H18BrClN2O/c1-9-5-13(3-4-18(9)2)17-14(19)10-6-11(15)8-12(16)7-10/h6-9,13H,3-5H2,1-2H3,(H,17,19). The molecule has 0 bridgehead atoms. The number of rotatable bonds is 2. The molecule has 2 rings (SSSR count). The molecule has 1 heterocycles. The average molecular weight is 346 g/mol. The van der Waals surface area contributed by atoms with E-state index in [9.17, 15) is 4.79 Å². The molecular formula is C14H18BrClN2O. The van der Waals surface area contributed by atoms with E-state index in [1.807, 2.05) is 0 Å². The first-order valence-corrected chi connectivity index (χ1v) is 7.60. The Balaban J connectivity index is 2.01. The van der Waals surface area contributed by atoms with Crippen molar-refractivity contribution < 1.29 is 4.79 Å². The molecule has 1 aromatic carbocycles. The van der Waals surface area contributed by atoms with Crippen molar-refractivity contribution in [2.75, 3.05) is 13.6 Å². The smallest absolute Gasteiger partial charge is 0.251 e. The molecule has 0 radical (unpaired) electrons. The van der Waals surface area contributed by atoms with Crippen LogP contribution in [0.15, 0.2) is 22.7 Å². The lowest BCUT2D eigenvalue weighted by Crippen LogP contribution is -2.47. The van der Waals surface area contributed by atoms with Crippen LogP contribution in [0.25, 0.3) is 0 Å². The Bertz CT molecular complexity index is 460. The van der Waals surface area contributed by atoms with Gasteiger partial charge in [0.15, 0.2) is 0 Å². The average Bonchev–Trinajstić information content (AvgIpc) is 2.32. The van der Waals surface area contributed by atoms with Crippen LogP contribution in [0.4, 0.5) is 0 Å². The maximum atomic E-state index is 12.2. The summed E-state index contributed by atoms with van der Waals surface area (Å²) in [6.45, 7) is 3.21. The normalized spacial score (nSPS) is 24.2. The van der Waals surface area contributed by atoms with E-state index in [2.05, 4.69) is 40.1 Å². The lowest BCUT2D eigenvalue weighted by atomic mass is 9.98. The van der Waals surface area contributed by atoms with Gasteiger partial charge in [-0.2, -0.15) is 0 Å². The van der Waals surface area contributed by atoms with E-state index in [0.29, 0.717) is 16.6 Å². The highest BCUT2D eigenvalue weighted by molar-refractivity contribution is 9.10. The number of benzene rings is 1. The second-order valence-corrected chi connectivity index (χ2v) is 6.53. The summed E-state index contributed by atoms with van der Waals surface area (Å²) in [4.78, 5) is 14.5. The summed E-state index contributed by atoms with van der Waals surface area (Å²) in [5, 5.41) is 3.66. The summed E-state index contributed by atoms with van der Waals surface area (Å²) < 4.78 is 0.821. The highest BCUT2D eigenvalue weighted by Crippen LogP contribution is 2.20. The quantitative estimate of drug-likeness (QED) is 0.892. The molecule has 1 amide bonds. The number of carbonyl (C=O) groups excluding carboxylic acids is 1. The van der Waals surface area contributed by atoms with E-state index in [4.69, 9.17) is 11.6 Å². The minimum absolute atomic E-state index is 0.0510. The molecule has 1 fully saturated rings. The van der Waals surface area contributed by atoms with Crippen LogP contribution in [0.1, 0.15) is 30.1 Å². The van der Waals surface area contributed by atoms with Crippen molar-refractivity contribution in [1.29, 1.82) is 0 Å². The molecule has 0 aliphatic carbocycles. The summed E-state index contributed by atoms with van der Waals surface area (Å²) in [6.07, 6.45) is 1.98. The van der Waals surface area contributed by atoms with Gasteiger partial charge in [0.25, 0.3) is 5.91 Å². The number of likely N-dealkylation sites (tertiary alicyclic amines) is 1. The van der Waals surface area contributed by atoms with Crippen LogP contribution in [-0.4, -0.2) is 36.5 Å². The molecule has 1 aliphatic rings. The summed E-state index contributed by atoms with van der Waals surface area (Å²) in [6, 6.07) is 6.01. The van der Waals surface area contributed by atoms with Gasteiger partial charge >= 0.3 is 0 Å². The van der Waals surface area contributed by atoms with Crippen molar-refractivity contribution in [1.82, 2.24) is 10.2 Å². The lowest BCUT2D eigenvalue weighted by Gasteiger charge is -2.35. The van der Waals surface area contributed by atoms with E-state index < -0.39 is 0 Å². The van der Waals surface area contributed by atoms with E-state index in [1.165, 1.54) is 0 Å². The molecule has 5 heteroatoms. The number of hydrogen-bond acceptors (Lipinski definition) is 2. The Morgan fingerprint density at radius 2 is 2.21 bits per heavy atom. The molecule has 0 aromatic heterocycles. The van der Waals surface area contributed by atoms with Crippen LogP contribution >= 0.6 is 27.5 Å². The summed E-state index contributed by atoms with van der Waals surface area (Å²) >= 11 is 9.32. The lowest BCUT2D eigenvalue weighted by molar-refractivity contribution is 0.0896. The van der Waals surface area contributed by atoms with Crippen molar-refractivity contribution in [3.8, 4) is 0 Å². The van der Waals surface area contributed by atoms with Gasteiger partial charge in [-0.1, -0.05) is 27.5 Å². The molecule has 2 unspecified atom stereocenters. The number of hydrogen-bond donors (Lipinski definition) is 1. The zero-order chi connectivity index (χ0) is 14.0. The third-order valence-electron chi connectivity index (χ3n) is 3.67. The third-order valence-corrected chi connectivity index (χ3v) is 4.34. The van der Waals surface area contributed by atoms with E-state index in [1.54, 1.807) is 18.2 Å². The van der Waals surface area contributed by atoms with Gasteiger partial charge in [-0.05, 0) is 45.0 Å². The summed E-state index contributed by atoms with van der Waals surface area (Å²) in [5.74, 6) is -0.0510. The number of amides is 1. The van der Waals surface area contributed by atoms with Crippen molar-refractivity contribution in [3.63, 3.8) is 0 Å².